The molecular weight excluding hydrogens is 198 g/mol. The quantitative estimate of drug-likeness (QED) is 0.591. The molecule has 1 aromatic carbocycles. The van der Waals surface area contributed by atoms with Gasteiger partial charge in [0.15, 0.2) is 0 Å². The highest BCUT2D eigenvalue weighted by molar-refractivity contribution is 5.95. The molecule has 3 N–H and O–H groups in total. The van der Waals surface area contributed by atoms with Crippen LogP contribution in [0.1, 0.15) is 32.8 Å². The van der Waals surface area contributed by atoms with Crippen LogP contribution >= 0.6 is 0 Å². The van der Waals surface area contributed by atoms with Gasteiger partial charge in [0.2, 0.25) is 0 Å². The zero-order valence-corrected chi connectivity index (χ0v) is 10.3. The largest absolute Gasteiger partial charge is 0.384 e. The molecule has 0 aromatic heterocycles. The summed E-state index contributed by atoms with van der Waals surface area (Å²) in [6.45, 7) is 7.57. The summed E-state index contributed by atoms with van der Waals surface area (Å²) in [6, 6.07) is 8.41. The van der Waals surface area contributed by atoms with Crippen LogP contribution in [0.3, 0.4) is 0 Å². The molecular formula is C13H21N3. The number of hydrogen-bond acceptors (Lipinski definition) is 2. The number of nitrogens with one attached hydrogen (secondary N) is 1. The van der Waals surface area contributed by atoms with Gasteiger partial charge in [-0.2, -0.15) is 0 Å². The standard InChI is InChI=1S/C13H21N3/c1-4-10(3)16(5-2)12-8-6-11(7-9-12)13(14)15/h6-10H,4-5H2,1-3H3,(H3,14,15). The van der Waals surface area contributed by atoms with Crippen molar-refractivity contribution in [3.63, 3.8) is 0 Å². The van der Waals surface area contributed by atoms with E-state index in [4.69, 9.17) is 11.1 Å². The number of rotatable bonds is 5. The summed E-state index contributed by atoms with van der Waals surface area (Å²) in [4.78, 5) is 2.35. The Morgan fingerprint density at radius 2 is 1.88 bits per heavy atom. The van der Waals surface area contributed by atoms with Crippen molar-refractivity contribution < 1.29 is 0 Å². The summed E-state index contributed by atoms with van der Waals surface area (Å²) in [5.41, 5.74) is 7.41. The molecule has 1 unspecified atom stereocenters. The number of nitrogen functional groups attached to an aromatic ring is 1. The fourth-order valence-electron chi connectivity index (χ4n) is 1.80. The Labute approximate surface area is 97.8 Å². The van der Waals surface area contributed by atoms with E-state index in [1.807, 2.05) is 24.3 Å². The van der Waals surface area contributed by atoms with E-state index < -0.39 is 0 Å². The maximum atomic E-state index is 7.34. The Bertz CT molecular complexity index is 343. The van der Waals surface area contributed by atoms with Crippen molar-refractivity contribution in [1.82, 2.24) is 0 Å². The number of hydrogen-bond donors (Lipinski definition) is 2. The van der Waals surface area contributed by atoms with Gasteiger partial charge in [0.25, 0.3) is 0 Å². The topological polar surface area (TPSA) is 53.1 Å². The van der Waals surface area contributed by atoms with E-state index in [-0.39, 0.29) is 5.84 Å². The van der Waals surface area contributed by atoms with Gasteiger partial charge in [-0.25, -0.2) is 0 Å². The first-order valence-corrected chi connectivity index (χ1v) is 5.81. The van der Waals surface area contributed by atoms with Gasteiger partial charge in [0.1, 0.15) is 5.84 Å². The van der Waals surface area contributed by atoms with E-state index in [0.717, 1.165) is 18.5 Å². The second-order valence-electron chi connectivity index (χ2n) is 4.00. The van der Waals surface area contributed by atoms with Crippen molar-refractivity contribution in [1.29, 1.82) is 5.41 Å². The average molecular weight is 219 g/mol. The molecule has 0 radical (unpaired) electrons. The third kappa shape index (κ3) is 2.75. The average Bonchev–Trinajstić information content (AvgIpc) is 2.30. The third-order valence-corrected chi connectivity index (χ3v) is 2.97. The number of amidine groups is 1. The molecule has 1 rings (SSSR count). The molecule has 3 heteroatoms. The van der Waals surface area contributed by atoms with E-state index in [0.29, 0.717) is 6.04 Å². The van der Waals surface area contributed by atoms with E-state index >= 15 is 0 Å². The summed E-state index contributed by atoms with van der Waals surface area (Å²) >= 11 is 0. The summed E-state index contributed by atoms with van der Waals surface area (Å²) in [6.07, 6.45) is 1.13. The molecule has 88 valence electrons. The molecule has 0 heterocycles. The van der Waals surface area contributed by atoms with Crippen LogP contribution in [0, 0.1) is 5.41 Å². The third-order valence-electron chi connectivity index (χ3n) is 2.97. The number of anilines is 1. The van der Waals surface area contributed by atoms with Gasteiger partial charge in [0, 0.05) is 23.8 Å². The van der Waals surface area contributed by atoms with Crippen LogP contribution in [-0.2, 0) is 0 Å². The lowest BCUT2D eigenvalue weighted by Crippen LogP contribution is -2.32. The lowest BCUT2D eigenvalue weighted by atomic mass is 10.1. The van der Waals surface area contributed by atoms with Gasteiger partial charge in [-0.3, -0.25) is 5.41 Å². The normalized spacial score (nSPS) is 12.2. The summed E-state index contributed by atoms with van der Waals surface area (Å²) < 4.78 is 0. The molecule has 0 aliphatic carbocycles. The SMILES string of the molecule is CCC(C)N(CC)c1ccc(C(=N)N)cc1. The highest BCUT2D eigenvalue weighted by Crippen LogP contribution is 2.18. The van der Waals surface area contributed by atoms with Crippen molar-refractivity contribution in [2.24, 2.45) is 5.73 Å². The van der Waals surface area contributed by atoms with E-state index in [9.17, 15) is 0 Å². The molecule has 0 spiro atoms. The van der Waals surface area contributed by atoms with Gasteiger partial charge in [0.05, 0.1) is 0 Å². The molecule has 1 aromatic rings. The van der Waals surface area contributed by atoms with Crippen molar-refractivity contribution in [3.8, 4) is 0 Å². The number of nitrogens with two attached hydrogens (primary N) is 1. The molecule has 0 fully saturated rings. The summed E-state index contributed by atoms with van der Waals surface area (Å²) in [5.74, 6) is 0.123. The summed E-state index contributed by atoms with van der Waals surface area (Å²) in [5, 5.41) is 7.34. The second kappa shape index (κ2) is 5.54. The molecule has 3 nitrogen and oxygen atoms in total. The van der Waals surface area contributed by atoms with E-state index in [1.54, 1.807) is 0 Å². The van der Waals surface area contributed by atoms with Crippen molar-refractivity contribution >= 4 is 11.5 Å². The van der Waals surface area contributed by atoms with Crippen LogP contribution < -0.4 is 10.6 Å². The van der Waals surface area contributed by atoms with Gasteiger partial charge < -0.3 is 10.6 Å². The second-order valence-corrected chi connectivity index (χ2v) is 4.00. The van der Waals surface area contributed by atoms with Crippen LogP contribution in [0.4, 0.5) is 5.69 Å². The zero-order valence-electron chi connectivity index (χ0n) is 10.3. The lowest BCUT2D eigenvalue weighted by Gasteiger charge is -2.29. The number of nitrogens with zero attached hydrogens (tertiary/aromatic N) is 1. The predicted octanol–water partition coefficient (Wildman–Crippen LogP) is 2.60. The van der Waals surface area contributed by atoms with Gasteiger partial charge in [-0.15, -0.1) is 0 Å². The van der Waals surface area contributed by atoms with Gasteiger partial charge in [-0.1, -0.05) is 6.92 Å². The molecule has 0 aliphatic heterocycles. The van der Waals surface area contributed by atoms with Crippen LogP contribution in [0.25, 0.3) is 0 Å². The Morgan fingerprint density at radius 1 is 1.31 bits per heavy atom. The van der Waals surface area contributed by atoms with Crippen LogP contribution in [0.2, 0.25) is 0 Å². The van der Waals surface area contributed by atoms with Crippen molar-refractivity contribution in [2.75, 3.05) is 11.4 Å². The van der Waals surface area contributed by atoms with Gasteiger partial charge >= 0.3 is 0 Å². The molecule has 0 amide bonds. The highest BCUT2D eigenvalue weighted by Gasteiger charge is 2.10. The van der Waals surface area contributed by atoms with Gasteiger partial charge in [-0.05, 0) is 44.5 Å². The molecule has 0 aliphatic rings. The Hall–Kier alpha value is -1.51. The Kier molecular flexibility index (Phi) is 4.35. The van der Waals surface area contributed by atoms with Crippen LogP contribution in [0.15, 0.2) is 24.3 Å². The predicted molar refractivity (Wildman–Crippen MR) is 70.2 cm³/mol. The fraction of sp³-hybridized carbons (Fsp3) is 0.462. The Morgan fingerprint density at radius 3 is 2.25 bits per heavy atom. The monoisotopic (exact) mass is 219 g/mol. The first-order valence-electron chi connectivity index (χ1n) is 5.81. The first-order chi connectivity index (χ1) is 7.60. The first kappa shape index (κ1) is 12.6. The smallest absolute Gasteiger partial charge is 0.122 e. The minimum Gasteiger partial charge on any atom is -0.384 e. The van der Waals surface area contributed by atoms with Crippen LogP contribution in [-0.4, -0.2) is 18.4 Å². The Balaban J connectivity index is 2.90. The molecule has 0 saturated heterocycles. The van der Waals surface area contributed by atoms with E-state index in [2.05, 4.69) is 25.7 Å². The molecule has 0 bridgehead atoms. The minimum atomic E-state index is 0.123. The molecule has 0 saturated carbocycles. The fourth-order valence-corrected chi connectivity index (χ4v) is 1.80. The molecule has 1 atom stereocenters. The maximum Gasteiger partial charge on any atom is 0.122 e. The van der Waals surface area contributed by atoms with Crippen LogP contribution in [0.5, 0.6) is 0 Å². The van der Waals surface area contributed by atoms with Crippen molar-refractivity contribution in [3.05, 3.63) is 29.8 Å². The highest BCUT2D eigenvalue weighted by atomic mass is 15.1. The molecule has 16 heavy (non-hydrogen) atoms. The van der Waals surface area contributed by atoms with E-state index in [1.165, 1.54) is 5.69 Å². The summed E-state index contributed by atoms with van der Waals surface area (Å²) in [7, 11) is 0. The number of benzene rings is 1. The zero-order chi connectivity index (χ0) is 12.1. The maximum absolute atomic E-state index is 7.34. The van der Waals surface area contributed by atoms with Crippen molar-refractivity contribution in [2.45, 2.75) is 33.2 Å². The minimum absolute atomic E-state index is 0.123. The lowest BCUT2D eigenvalue weighted by molar-refractivity contribution is 0.630.